The first-order chi connectivity index (χ1) is 21.0. The van der Waals surface area contributed by atoms with Crippen LogP contribution in [0.1, 0.15) is 30.4 Å². The number of carbonyl (C=O) groups is 2. The summed E-state index contributed by atoms with van der Waals surface area (Å²) in [5, 5.41) is 17.4. The van der Waals surface area contributed by atoms with Gasteiger partial charge in [0.05, 0.1) is 50.4 Å². The summed E-state index contributed by atoms with van der Waals surface area (Å²) in [6, 6.07) is 18.2. The molecule has 4 heterocycles. The van der Waals surface area contributed by atoms with Crippen LogP contribution in [0.2, 0.25) is 0 Å². The molecule has 4 aliphatic heterocycles. The summed E-state index contributed by atoms with van der Waals surface area (Å²) in [4.78, 5) is 26.1. The third kappa shape index (κ3) is 7.66. The van der Waals surface area contributed by atoms with Crippen molar-refractivity contribution in [3.05, 3.63) is 71.8 Å². The Balaban J connectivity index is 1.12. The maximum Gasteiger partial charge on any atom is 0.407 e. The van der Waals surface area contributed by atoms with E-state index in [1.54, 1.807) is 0 Å². The van der Waals surface area contributed by atoms with Gasteiger partial charge in [-0.05, 0) is 43.2 Å². The molecule has 4 aliphatic rings. The monoisotopic (exact) mass is 596 g/mol. The number of ether oxygens (including phenoxy) is 6. The quantitative estimate of drug-likeness (QED) is 0.358. The highest BCUT2D eigenvalue weighted by molar-refractivity contribution is 5.68. The number of fused-ring (bicyclic) bond motifs is 2. The van der Waals surface area contributed by atoms with E-state index >= 15 is 0 Å². The van der Waals surface area contributed by atoms with Gasteiger partial charge in [0.25, 0.3) is 0 Å². The van der Waals surface area contributed by atoms with Gasteiger partial charge in [-0.1, -0.05) is 60.7 Å². The standard InChI is InChI=1S/C32H40N2O9/c35-26(25(16-21-9-5-2-6-10-21)34-32(37)43-28-19-41-30-24(28)12-14-39-30)17-22(15-20-7-3-1-4-8-20)33-31(36)42-27-18-40-29-23(27)11-13-38-29/h1-10,22-30,35H,11-19H2,(H,33,36)(H,34,37)/t22-,23?,24?,25-,26-,27-,28+,29?,30?/m0/s1. The van der Waals surface area contributed by atoms with Crippen LogP contribution in [0.25, 0.3) is 0 Å². The Morgan fingerprint density at radius 1 is 0.744 bits per heavy atom. The lowest BCUT2D eigenvalue weighted by atomic mass is 9.94. The van der Waals surface area contributed by atoms with Gasteiger partial charge in [-0.25, -0.2) is 9.59 Å². The van der Waals surface area contributed by atoms with Gasteiger partial charge < -0.3 is 44.2 Å². The molecule has 4 saturated heterocycles. The zero-order valence-electron chi connectivity index (χ0n) is 24.0. The van der Waals surface area contributed by atoms with Crippen molar-refractivity contribution in [1.82, 2.24) is 10.6 Å². The second-order valence-electron chi connectivity index (χ2n) is 11.7. The predicted octanol–water partition coefficient (Wildman–Crippen LogP) is 2.94. The lowest BCUT2D eigenvalue weighted by Gasteiger charge is -2.29. The molecular formula is C32H40N2O9. The average molecular weight is 597 g/mol. The maximum absolute atomic E-state index is 13.1. The smallest absolute Gasteiger partial charge is 0.407 e. The summed E-state index contributed by atoms with van der Waals surface area (Å²) >= 11 is 0. The molecule has 43 heavy (non-hydrogen) atoms. The molecule has 0 bridgehead atoms. The largest absolute Gasteiger partial charge is 0.443 e. The molecule has 2 amide bonds. The first-order valence-corrected chi connectivity index (χ1v) is 15.2. The van der Waals surface area contributed by atoms with Gasteiger partial charge in [0.15, 0.2) is 12.6 Å². The normalized spacial score (nSPS) is 29.7. The third-order valence-electron chi connectivity index (χ3n) is 8.73. The molecule has 2 aromatic rings. The fourth-order valence-electron chi connectivity index (χ4n) is 6.46. The molecule has 0 aliphatic carbocycles. The van der Waals surface area contributed by atoms with E-state index in [1.807, 2.05) is 60.7 Å². The number of carbonyl (C=O) groups excluding carboxylic acids is 2. The minimum atomic E-state index is -1.01. The summed E-state index contributed by atoms with van der Waals surface area (Å²) in [7, 11) is 0. The Labute approximate surface area is 251 Å². The summed E-state index contributed by atoms with van der Waals surface area (Å²) < 4.78 is 33.8. The number of nitrogens with one attached hydrogen (secondary N) is 2. The Morgan fingerprint density at radius 3 is 1.81 bits per heavy atom. The second kappa shape index (κ2) is 14.0. The molecule has 0 aromatic heterocycles. The summed E-state index contributed by atoms with van der Waals surface area (Å²) in [6.45, 7) is 1.73. The maximum atomic E-state index is 13.1. The van der Waals surface area contributed by atoms with Crippen molar-refractivity contribution >= 4 is 12.2 Å². The van der Waals surface area contributed by atoms with Crippen molar-refractivity contribution < 1.29 is 43.1 Å². The van der Waals surface area contributed by atoms with Crippen LogP contribution in [0, 0.1) is 11.8 Å². The molecule has 3 N–H and O–H groups in total. The van der Waals surface area contributed by atoms with Crippen LogP contribution >= 0.6 is 0 Å². The lowest BCUT2D eigenvalue weighted by Crippen LogP contribution is -2.50. The highest BCUT2D eigenvalue weighted by atomic mass is 16.7. The molecule has 4 fully saturated rings. The number of hydrogen-bond acceptors (Lipinski definition) is 9. The van der Waals surface area contributed by atoms with Gasteiger partial charge >= 0.3 is 12.2 Å². The molecule has 4 unspecified atom stereocenters. The zero-order chi connectivity index (χ0) is 29.6. The van der Waals surface area contributed by atoms with E-state index in [0.717, 1.165) is 24.0 Å². The summed E-state index contributed by atoms with van der Waals surface area (Å²) in [5.41, 5.74) is 1.94. The van der Waals surface area contributed by atoms with Crippen LogP contribution in [0.4, 0.5) is 9.59 Å². The van der Waals surface area contributed by atoms with Gasteiger partial charge in [0.2, 0.25) is 0 Å². The van der Waals surface area contributed by atoms with E-state index in [2.05, 4.69) is 10.6 Å². The van der Waals surface area contributed by atoms with Gasteiger partial charge in [0.1, 0.15) is 12.2 Å². The van der Waals surface area contributed by atoms with Crippen molar-refractivity contribution in [2.24, 2.45) is 11.8 Å². The lowest BCUT2D eigenvalue weighted by molar-refractivity contribution is -0.0909. The van der Waals surface area contributed by atoms with Crippen LogP contribution in [0.15, 0.2) is 60.7 Å². The van der Waals surface area contributed by atoms with Crippen molar-refractivity contribution in [3.8, 4) is 0 Å². The van der Waals surface area contributed by atoms with Gasteiger partial charge in [0, 0.05) is 6.04 Å². The summed E-state index contributed by atoms with van der Waals surface area (Å²) in [6.07, 6.45) is -1.11. The average Bonchev–Trinajstić information content (AvgIpc) is 3.79. The van der Waals surface area contributed by atoms with Crippen molar-refractivity contribution in [3.63, 3.8) is 0 Å². The Kier molecular flexibility index (Phi) is 9.74. The molecule has 6 rings (SSSR count). The van der Waals surface area contributed by atoms with E-state index in [4.69, 9.17) is 28.4 Å². The molecular weight excluding hydrogens is 556 g/mol. The van der Waals surface area contributed by atoms with Crippen LogP contribution in [-0.4, -0.2) is 86.7 Å². The van der Waals surface area contributed by atoms with E-state index in [-0.39, 0.29) is 43.5 Å². The molecule has 2 aromatic carbocycles. The van der Waals surface area contributed by atoms with Crippen molar-refractivity contribution in [1.29, 1.82) is 0 Å². The Hall–Kier alpha value is -3.22. The first-order valence-electron chi connectivity index (χ1n) is 15.2. The second-order valence-corrected chi connectivity index (χ2v) is 11.7. The van der Waals surface area contributed by atoms with Crippen LogP contribution in [-0.2, 0) is 41.3 Å². The van der Waals surface area contributed by atoms with E-state index < -0.39 is 36.5 Å². The number of rotatable bonds is 11. The van der Waals surface area contributed by atoms with Crippen molar-refractivity contribution in [2.75, 3.05) is 26.4 Å². The van der Waals surface area contributed by atoms with Gasteiger partial charge in [-0.3, -0.25) is 0 Å². The molecule has 0 radical (unpaired) electrons. The van der Waals surface area contributed by atoms with Gasteiger partial charge in [-0.2, -0.15) is 0 Å². The topological polar surface area (TPSA) is 134 Å². The van der Waals surface area contributed by atoms with E-state index in [1.165, 1.54) is 0 Å². The van der Waals surface area contributed by atoms with Crippen LogP contribution < -0.4 is 10.6 Å². The first kappa shape index (κ1) is 29.8. The molecule has 232 valence electrons. The highest BCUT2D eigenvalue weighted by Crippen LogP contribution is 2.34. The Bertz CT molecular complexity index is 1200. The van der Waals surface area contributed by atoms with Crippen molar-refractivity contribution in [2.45, 2.75) is 75.1 Å². The molecule has 9 atom stereocenters. The van der Waals surface area contributed by atoms with Crippen LogP contribution in [0.3, 0.4) is 0 Å². The number of alkyl carbamates (subject to hydrolysis) is 2. The molecule has 0 saturated carbocycles. The minimum absolute atomic E-state index is 0.00468. The predicted molar refractivity (Wildman–Crippen MR) is 153 cm³/mol. The number of benzene rings is 2. The number of aliphatic hydroxyl groups excluding tert-OH is 1. The Morgan fingerprint density at radius 2 is 1.26 bits per heavy atom. The SMILES string of the molecule is O=C(N[C@@H](Cc1ccccc1)C[C@H](O)[C@H](Cc1ccccc1)NC(=O)O[C@@H]1COC2OCCC21)O[C@H]1COC2OCCC21. The molecule has 0 spiro atoms. The minimum Gasteiger partial charge on any atom is -0.443 e. The number of hydrogen-bond donors (Lipinski definition) is 3. The zero-order valence-corrected chi connectivity index (χ0v) is 24.0. The van der Waals surface area contributed by atoms with Gasteiger partial charge in [-0.15, -0.1) is 0 Å². The third-order valence-corrected chi connectivity index (χ3v) is 8.73. The summed E-state index contributed by atoms with van der Waals surface area (Å²) in [5.74, 6) is 0.0239. The van der Waals surface area contributed by atoms with E-state index in [9.17, 15) is 14.7 Å². The highest BCUT2D eigenvalue weighted by Gasteiger charge is 2.45. The van der Waals surface area contributed by atoms with Crippen LogP contribution in [0.5, 0.6) is 0 Å². The molecule has 11 nitrogen and oxygen atoms in total. The fraction of sp³-hybridized carbons (Fsp3) is 0.562. The molecule has 11 heteroatoms. The number of amides is 2. The fourth-order valence-corrected chi connectivity index (χ4v) is 6.46. The number of aliphatic hydroxyl groups is 1. The van der Waals surface area contributed by atoms with E-state index in [0.29, 0.717) is 32.7 Å².